The van der Waals surface area contributed by atoms with Crippen LogP contribution in [0.5, 0.6) is 5.75 Å². The smallest absolute Gasteiger partial charge is 0.338 e. The van der Waals surface area contributed by atoms with Crippen LogP contribution >= 0.6 is 23.2 Å². The summed E-state index contributed by atoms with van der Waals surface area (Å²) < 4.78 is 10.4. The number of halogens is 2. The monoisotopic (exact) mass is 433 g/mol. The number of nitrogens with one attached hydrogen (secondary N) is 1. The van der Waals surface area contributed by atoms with Crippen LogP contribution in [0.2, 0.25) is 10.0 Å². The number of amides is 1. The van der Waals surface area contributed by atoms with Crippen molar-refractivity contribution < 1.29 is 24.2 Å². The molecule has 8 heteroatoms. The minimum atomic E-state index is -0.561. The minimum Gasteiger partial charge on any atom is -0.483 e. The maximum Gasteiger partial charge on any atom is 0.338 e. The Bertz CT molecular complexity index is 1080. The van der Waals surface area contributed by atoms with Gasteiger partial charge in [-0.15, -0.1) is 0 Å². The lowest BCUT2D eigenvalue weighted by molar-refractivity contribution is -0.118. The fourth-order valence-corrected chi connectivity index (χ4v) is 3.45. The number of aliphatic hydroxyl groups excluding tert-OH is 1. The molecule has 0 bridgehead atoms. The summed E-state index contributed by atoms with van der Waals surface area (Å²) in [7, 11) is 1.27. The van der Waals surface area contributed by atoms with Crippen molar-refractivity contribution in [1.29, 1.82) is 0 Å². The van der Waals surface area contributed by atoms with E-state index in [0.29, 0.717) is 32.1 Å². The molecule has 0 saturated heterocycles. The lowest BCUT2D eigenvalue weighted by Crippen LogP contribution is -2.21. The van der Waals surface area contributed by atoms with Gasteiger partial charge in [0.15, 0.2) is 6.61 Å². The first-order valence-electron chi connectivity index (χ1n) is 8.55. The Labute approximate surface area is 176 Å². The van der Waals surface area contributed by atoms with Crippen LogP contribution in [0, 0.1) is 0 Å². The van der Waals surface area contributed by atoms with E-state index < -0.39 is 11.9 Å². The molecule has 0 radical (unpaired) electrons. The van der Waals surface area contributed by atoms with Crippen molar-refractivity contribution in [3.63, 3.8) is 0 Å². The van der Waals surface area contributed by atoms with Gasteiger partial charge in [0.2, 0.25) is 0 Å². The largest absolute Gasteiger partial charge is 0.483 e. The van der Waals surface area contributed by atoms with Gasteiger partial charge < -0.3 is 19.9 Å². The van der Waals surface area contributed by atoms with Gasteiger partial charge in [-0.3, -0.25) is 4.79 Å². The van der Waals surface area contributed by atoms with Crippen LogP contribution in [0.3, 0.4) is 0 Å². The fourth-order valence-electron chi connectivity index (χ4n) is 2.85. The third-order valence-electron chi connectivity index (χ3n) is 4.17. The number of carbonyl (C=O) groups is 2. The SMILES string of the molecule is COC(=O)c1cc(OCC(=O)Nc2ccccc2CO)c2c(Cl)cc(Cl)cc2c1. The van der Waals surface area contributed by atoms with Gasteiger partial charge >= 0.3 is 5.97 Å². The number of fused-ring (bicyclic) bond motifs is 1. The fraction of sp³-hybridized carbons (Fsp3) is 0.143. The van der Waals surface area contributed by atoms with Crippen molar-refractivity contribution in [3.8, 4) is 5.75 Å². The third-order valence-corrected chi connectivity index (χ3v) is 4.69. The predicted octanol–water partition coefficient (Wildman–Crippen LogP) is 4.44. The molecule has 0 aliphatic rings. The molecule has 0 spiro atoms. The molecule has 3 aromatic carbocycles. The van der Waals surface area contributed by atoms with E-state index in [2.05, 4.69) is 5.32 Å². The summed E-state index contributed by atoms with van der Waals surface area (Å²) in [6.45, 7) is -0.544. The lowest BCUT2D eigenvalue weighted by Gasteiger charge is -2.14. The lowest BCUT2D eigenvalue weighted by atomic mass is 10.1. The summed E-state index contributed by atoms with van der Waals surface area (Å²) in [4.78, 5) is 24.3. The highest BCUT2D eigenvalue weighted by molar-refractivity contribution is 6.39. The molecule has 150 valence electrons. The van der Waals surface area contributed by atoms with Crippen LogP contribution in [0.1, 0.15) is 15.9 Å². The zero-order valence-corrected chi connectivity index (χ0v) is 16.9. The van der Waals surface area contributed by atoms with Gasteiger partial charge in [-0.2, -0.15) is 0 Å². The predicted molar refractivity (Wildman–Crippen MR) is 112 cm³/mol. The van der Waals surface area contributed by atoms with Crippen LogP contribution in [0.15, 0.2) is 48.5 Å². The first kappa shape index (κ1) is 20.9. The van der Waals surface area contributed by atoms with Crippen molar-refractivity contribution in [3.05, 3.63) is 69.7 Å². The van der Waals surface area contributed by atoms with Crippen molar-refractivity contribution in [2.75, 3.05) is 19.0 Å². The van der Waals surface area contributed by atoms with Gasteiger partial charge in [0.1, 0.15) is 5.75 Å². The topological polar surface area (TPSA) is 84.9 Å². The number of rotatable bonds is 6. The highest BCUT2D eigenvalue weighted by Gasteiger charge is 2.16. The Morgan fingerprint density at radius 3 is 2.59 bits per heavy atom. The van der Waals surface area contributed by atoms with Crippen molar-refractivity contribution >= 4 is 51.5 Å². The third kappa shape index (κ3) is 4.79. The van der Waals surface area contributed by atoms with Gasteiger partial charge in [-0.1, -0.05) is 41.4 Å². The Balaban J connectivity index is 1.88. The van der Waals surface area contributed by atoms with Crippen LogP contribution in [-0.4, -0.2) is 30.7 Å². The molecule has 2 N–H and O–H groups in total. The van der Waals surface area contributed by atoms with Gasteiger partial charge in [-0.05, 0) is 35.7 Å². The molecule has 0 saturated carbocycles. The number of anilines is 1. The molecule has 1 amide bonds. The summed E-state index contributed by atoms with van der Waals surface area (Å²) in [5, 5.41) is 13.9. The van der Waals surface area contributed by atoms with E-state index in [1.807, 2.05) is 0 Å². The Morgan fingerprint density at radius 1 is 1.10 bits per heavy atom. The molecule has 0 unspecified atom stereocenters. The van der Waals surface area contributed by atoms with E-state index in [-0.39, 0.29) is 24.5 Å². The number of esters is 1. The van der Waals surface area contributed by atoms with E-state index in [0.717, 1.165) is 0 Å². The molecule has 0 atom stereocenters. The van der Waals surface area contributed by atoms with Crippen molar-refractivity contribution in [2.45, 2.75) is 6.61 Å². The summed E-state index contributed by atoms with van der Waals surface area (Å²) in [6.07, 6.45) is 0. The molecule has 6 nitrogen and oxygen atoms in total. The molecule has 0 aliphatic heterocycles. The second-order valence-electron chi connectivity index (χ2n) is 6.10. The van der Waals surface area contributed by atoms with Crippen LogP contribution < -0.4 is 10.1 Å². The molecular weight excluding hydrogens is 417 g/mol. The summed E-state index contributed by atoms with van der Waals surface area (Å²) in [5.74, 6) is -0.753. The Hall–Kier alpha value is -2.80. The highest BCUT2D eigenvalue weighted by atomic mass is 35.5. The first-order chi connectivity index (χ1) is 13.9. The molecule has 29 heavy (non-hydrogen) atoms. The molecular formula is C21H17Cl2NO5. The number of methoxy groups -OCH3 is 1. The van der Waals surface area contributed by atoms with E-state index >= 15 is 0 Å². The molecule has 0 aromatic heterocycles. The van der Waals surface area contributed by atoms with E-state index in [9.17, 15) is 14.7 Å². The number of carbonyl (C=O) groups excluding carboxylic acids is 2. The van der Waals surface area contributed by atoms with Crippen molar-refractivity contribution in [2.24, 2.45) is 0 Å². The standard InChI is InChI=1S/C21H17Cl2NO5/c1-28-21(27)14-6-13-7-15(22)9-16(23)20(13)18(8-14)29-11-19(26)24-17-5-3-2-4-12(17)10-25/h2-9,25H,10-11H2,1H3,(H,24,26). The zero-order chi connectivity index (χ0) is 21.0. The van der Waals surface area contributed by atoms with E-state index in [1.54, 1.807) is 42.5 Å². The van der Waals surface area contributed by atoms with Gasteiger partial charge in [0.05, 0.1) is 24.3 Å². The van der Waals surface area contributed by atoms with Crippen LogP contribution in [0.4, 0.5) is 5.69 Å². The number of benzene rings is 3. The van der Waals surface area contributed by atoms with Gasteiger partial charge in [0, 0.05) is 21.7 Å². The number of hydrogen-bond donors (Lipinski definition) is 2. The van der Waals surface area contributed by atoms with Crippen molar-refractivity contribution in [1.82, 2.24) is 0 Å². The summed E-state index contributed by atoms with van der Waals surface area (Å²) in [5.41, 5.74) is 1.30. The number of aliphatic hydroxyl groups is 1. The maximum absolute atomic E-state index is 12.3. The van der Waals surface area contributed by atoms with Gasteiger partial charge in [0.25, 0.3) is 5.91 Å². The second kappa shape index (κ2) is 9.13. The quantitative estimate of drug-likeness (QED) is 0.561. The number of hydrogen-bond acceptors (Lipinski definition) is 5. The van der Waals surface area contributed by atoms with E-state index in [1.165, 1.54) is 13.2 Å². The van der Waals surface area contributed by atoms with Crippen LogP contribution in [-0.2, 0) is 16.1 Å². The Kier molecular flexibility index (Phi) is 6.59. The zero-order valence-electron chi connectivity index (χ0n) is 15.4. The summed E-state index contributed by atoms with van der Waals surface area (Å²) in [6, 6.07) is 13.1. The number of ether oxygens (including phenoxy) is 2. The molecule has 0 fully saturated rings. The minimum absolute atomic E-state index is 0.209. The highest BCUT2D eigenvalue weighted by Crippen LogP contribution is 2.36. The maximum atomic E-state index is 12.3. The molecule has 3 rings (SSSR count). The molecule has 0 aliphatic carbocycles. The first-order valence-corrected chi connectivity index (χ1v) is 9.31. The van der Waals surface area contributed by atoms with E-state index in [4.69, 9.17) is 32.7 Å². The Morgan fingerprint density at radius 2 is 1.86 bits per heavy atom. The number of para-hydroxylation sites is 1. The molecule has 3 aromatic rings. The normalized spacial score (nSPS) is 10.6. The van der Waals surface area contributed by atoms with Crippen LogP contribution in [0.25, 0.3) is 10.8 Å². The van der Waals surface area contributed by atoms with Gasteiger partial charge in [-0.25, -0.2) is 4.79 Å². The summed E-state index contributed by atoms with van der Waals surface area (Å²) >= 11 is 12.4. The average molecular weight is 434 g/mol. The molecule has 0 heterocycles. The average Bonchev–Trinajstić information content (AvgIpc) is 2.71. The second-order valence-corrected chi connectivity index (χ2v) is 6.95.